The van der Waals surface area contributed by atoms with Crippen molar-refractivity contribution in [3.8, 4) is 22.5 Å². The number of nitrogens with zero attached hydrogens (tertiary/aromatic N) is 2. The fourth-order valence-electron chi connectivity index (χ4n) is 1.93. The molecule has 0 unspecified atom stereocenters. The molecule has 0 aliphatic rings. The highest BCUT2D eigenvalue weighted by atomic mass is 19.1. The van der Waals surface area contributed by atoms with Crippen molar-refractivity contribution in [1.82, 2.24) is 20.4 Å². The summed E-state index contributed by atoms with van der Waals surface area (Å²) in [5.74, 6) is -0.0564. The summed E-state index contributed by atoms with van der Waals surface area (Å²) in [6.07, 6.45) is 0. The standard InChI is InChI=1S/C13H10FN5O/c14-8-3-1-7(2-4-8)11-12(18-19-13(11)15)9-5-6-10(20)17-16-9/h1-6H,(H,17,20)(H3,15,18,19). The van der Waals surface area contributed by atoms with E-state index in [1.165, 1.54) is 18.2 Å². The zero-order valence-corrected chi connectivity index (χ0v) is 10.2. The van der Waals surface area contributed by atoms with E-state index < -0.39 is 0 Å². The number of hydrogen-bond acceptors (Lipinski definition) is 4. The largest absolute Gasteiger partial charge is 0.382 e. The van der Waals surface area contributed by atoms with E-state index in [1.54, 1.807) is 18.2 Å². The van der Waals surface area contributed by atoms with Gasteiger partial charge in [-0.2, -0.15) is 10.2 Å². The van der Waals surface area contributed by atoms with Gasteiger partial charge in [-0.05, 0) is 23.8 Å². The van der Waals surface area contributed by atoms with Crippen molar-refractivity contribution in [2.75, 3.05) is 5.73 Å². The van der Waals surface area contributed by atoms with Gasteiger partial charge in [0.25, 0.3) is 5.56 Å². The molecular weight excluding hydrogens is 261 g/mol. The van der Waals surface area contributed by atoms with Crippen LogP contribution in [0.5, 0.6) is 0 Å². The smallest absolute Gasteiger partial charge is 0.264 e. The van der Waals surface area contributed by atoms with Gasteiger partial charge < -0.3 is 5.73 Å². The summed E-state index contributed by atoms with van der Waals surface area (Å²) in [6.45, 7) is 0. The van der Waals surface area contributed by atoms with E-state index in [9.17, 15) is 9.18 Å². The summed E-state index contributed by atoms with van der Waals surface area (Å²) in [5.41, 5.74) is 7.92. The number of anilines is 1. The SMILES string of the molecule is Nc1n[nH]c(-c2ccc(=O)[nH]n2)c1-c1ccc(F)cc1. The molecule has 0 bridgehead atoms. The molecule has 0 fully saturated rings. The van der Waals surface area contributed by atoms with Gasteiger partial charge in [-0.1, -0.05) is 12.1 Å². The third-order valence-electron chi connectivity index (χ3n) is 2.86. The summed E-state index contributed by atoms with van der Waals surface area (Å²) < 4.78 is 13.0. The molecule has 0 saturated heterocycles. The van der Waals surface area contributed by atoms with Crippen LogP contribution in [0.25, 0.3) is 22.5 Å². The Balaban J connectivity index is 2.16. The molecule has 7 heteroatoms. The monoisotopic (exact) mass is 271 g/mol. The number of aromatic amines is 2. The van der Waals surface area contributed by atoms with E-state index in [1.807, 2.05) is 0 Å². The van der Waals surface area contributed by atoms with E-state index in [-0.39, 0.29) is 17.2 Å². The number of rotatable bonds is 2. The molecule has 0 saturated carbocycles. The van der Waals surface area contributed by atoms with E-state index in [0.717, 1.165) is 0 Å². The predicted octanol–water partition coefficient (Wildman–Crippen LogP) is 1.55. The first kappa shape index (κ1) is 12.1. The van der Waals surface area contributed by atoms with Crippen molar-refractivity contribution in [2.24, 2.45) is 0 Å². The van der Waals surface area contributed by atoms with Crippen molar-refractivity contribution in [3.05, 3.63) is 52.6 Å². The number of halogens is 1. The maximum Gasteiger partial charge on any atom is 0.264 e. The van der Waals surface area contributed by atoms with Crippen LogP contribution < -0.4 is 11.3 Å². The second-order valence-electron chi connectivity index (χ2n) is 4.17. The topological polar surface area (TPSA) is 100 Å². The van der Waals surface area contributed by atoms with E-state index in [0.29, 0.717) is 22.5 Å². The van der Waals surface area contributed by atoms with Crippen LogP contribution in [0.1, 0.15) is 0 Å². The van der Waals surface area contributed by atoms with Crippen LogP contribution in [-0.2, 0) is 0 Å². The van der Waals surface area contributed by atoms with Crippen LogP contribution in [0.2, 0.25) is 0 Å². The van der Waals surface area contributed by atoms with Gasteiger partial charge in [-0.25, -0.2) is 9.49 Å². The van der Waals surface area contributed by atoms with Crippen LogP contribution in [0.3, 0.4) is 0 Å². The van der Waals surface area contributed by atoms with Gasteiger partial charge in [0.05, 0.1) is 11.3 Å². The van der Waals surface area contributed by atoms with Crippen molar-refractivity contribution >= 4 is 5.82 Å². The lowest BCUT2D eigenvalue weighted by Crippen LogP contribution is -2.05. The van der Waals surface area contributed by atoms with Crippen molar-refractivity contribution in [3.63, 3.8) is 0 Å². The summed E-state index contributed by atoms with van der Waals surface area (Å²) in [6, 6.07) is 8.79. The third kappa shape index (κ3) is 2.05. The molecule has 1 aromatic carbocycles. The van der Waals surface area contributed by atoms with E-state index in [2.05, 4.69) is 20.4 Å². The molecule has 2 heterocycles. The van der Waals surface area contributed by atoms with Crippen LogP contribution in [0, 0.1) is 5.82 Å². The van der Waals surface area contributed by atoms with Crippen molar-refractivity contribution in [1.29, 1.82) is 0 Å². The highest BCUT2D eigenvalue weighted by Crippen LogP contribution is 2.33. The number of nitrogen functional groups attached to an aromatic ring is 1. The fraction of sp³-hybridized carbons (Fsp3) is 0. The number of hydrogen-bond donors (Lipinski definition) is 3. The first-order valence-electron chi connectivity index (χ1n) is 5.81. The molecule has 0 aliphatic heterocycles. The molecule has 3 rings (SSSR count). The second kappa shape index (κ2) is 4.61. The van der Waals surface area contributed by atoms with Crippen LogP contribution in [0.15, 0.2) is 41.2 Å². The van der Waals surface area contributed by atoms with E-state index >= 15 is 0 Å². The molecular formula is C13H10FN5O. The Kier molecular flexibility index (Phi) is 2.79. The normalized spacial score (nSPS) is 10.7. The van der Waals surface area contributed by atoms with Gasteiger partial charge in [-0.15, -0.1) is 0 Å². The minimum Gasteiger partial charge on any atom is -0.382 e. The number of nitrogens with two attached hydrogens (primary N) is 1. The average Bonchev–Trinajstić information content (AvgIpc) is 2.83. The average molecular weight is 271 g/mol. The molecule has 6 nitrogen and oxygen atoms in total. The number of benzene rings is 1. The molecule has 4 N–H and O–H groups in total. The molecule has 0 radical (unpaired) electrons. The molecule has 3 aromatic rings. The minimum absolute atomic E-state index is 0.277. The molecule has 0 atom stereocenters. The molecule has 2 aromatic heterocycles. The Hall–Kier alpha value is -2.96. The minimum atomic E-state index is -0.334. The lowest BCUT2D eigenvalue weighted by molar-refractivity contribution is 0.628. The maximum absolute atomic E-state index is 13.0. The Bertz CT molecular complexity index is 786. The third-order valence-corrected chi connectivity index (χ3v) is 2.86. The van der Waals surface area contributed by atoms with Crippen LogP contribution >= 0.6 is 0 Å². The number of aromatic nitrogens is 4. The highest BCUT2D eigenvalue weighted by Gasteiger charge is 2.15. The summed E-state index contributed by atoms with van der Waals surface area (Å²) >= 11 is 0. The van der Waals surface area contributed by atoms with E-state index in [4.69, 9.17) is 5.73 Å². The Morgan fingerprint density at radius 1 is 1.00 bits per heavy atom. The van der Waals surface area contributed by atoms with Gasteiger partial charge in [0.1, 0.15) is 11.5 Å². The van der Waals surface area contributed by atoms with Crippen molar-refractivity contribution in [2.45, 2.75) is 0 Å². The predicted molar refractivity (Wildman–Crippen MR) is 72.2 cm³/mol. The highest BCUT2D eigenvalue weighted by molar-refractivity contribution is 5.86. The Morgan fingerprint density at radius 2 is 1.75 bits per heavy atom. The lowest BCUT2D eigenvalue weighted by atomic mass is 10.0. The number of nitrogens with one attached hydrogen (secondary N) is 2. The quantitative estimate of drug-likeness (QED) is 0.658. The second-order valence-corrected chi connectivity index (χ2v) is 4.17. The van der Waals surface area contributed by atoms with Gasteiger partial charge in [0, 0.05) is 6.07 Å². The van der Waals surface area contributed by atoms with Gasteiger partial charge in [0.2, 0.25) is 0 Å². The summed E-state index contributed by atoms with van der Waals surface area (Å²) in [5, 5.41) is 13.0. The maximum atomic E-state index is 13.0. The number of H-pyrrole nitrogens is 2. The molecule has 0 aliphatic carbocycles. The first-order valence-corrected chi connectivity index (χ1v) is 5.81. The molecule has 20 heavy (non-hydrogen) atoms. The summed E-state index contributed by atoms with van der Waals surface area (Å²) in [4.78, 5) is 11.0. The van der Waals surface area contributed by atoms with Crippen LogP contribution in [-0.4, -0.2) is 20.4 Å². The zero-order chi connectivity index (χ0) is 14.1. The molecule has 0 spiro atoms. The molecule has 0 amide bonds. The van der Waals surface area contributed by atoms with Crippen LogP contribution in [0.4, 0.5) is 10.2 Å². The Morgan fingerprint density at radius 3 is 2.40 bits per heavy atom. The van der Waals surface area contributed by atoms with Gasteiger partial charge in [-0.3, -0.25) is 9.89 Å². The van der Waals surface area contributed by atoms with Gasteiger partial charge >= 0.3 is 0 Å². The molecule has 100 valence electrons. The fourth-order valence-corrected chi connectivity index (χ4v) is 1.93. The lowest BCUT2D eigenvalue weighted by Gasteiger charge is -2.03. The van der Waals surface area contributed by atoms with Gasteiger partial charge in [0.15, 0.2) is 5.82 Å². The zero-order valence-electron chi connectivity index (χ0n) is 10.2. The summed E-state index contributed by atoms with van der Waals surface area (Å²) in [7, 11) is 0. The van der Waals surface area contributed by atoms with Crippen molar-refractivity contribution < 1.29 is 4.39 Å². The first-order chi connectivity index (χ1) is 9.65. The Labute approximate surface area is 112 Å².